The zero-order chi connectivity index (χ0) is 11.5. The Hall–Kier alpha value is -0.770. The van der Waals surface area contributed by atoms with Crippen LogP contribution in [0.25, 0.3) is 0 Å². The Kier molecular flexibility index (Phi) is 3.69. The average Bonchev–Trinajstić information content (AvgIpc) is 3.06. The van der Waals surface area contributed by atoms with Crippen LogP contribution in [0.1, 0.15) is 30.9 Å². The second-order valence-electron chi connectivity index (χ2n) is 4.31. The highest BCUT2D eigenvalue weighted by atomic mass is 35.5. The van der Waals surface area contributed by atoms with Gasteiger partial charge in [0.15, 0.2) is 0 Å². The molecule has 0 saturated heterocycles. The molecule has 0 heterocycles. The number of halogens is 1. The Labute approximate surface area is 101 Å². The van der Waals surface area contributed by atoms with Gasteiger partial charge in [0.05, 0.1) is 16.8 Å². The zero-order valence-electron chi connectivity index (χ0n) is 9.12. The average molecular weight is 241 g/mol. The van der Waals surface area contributed by atoms with Crippen LogP contribution in [0.15, 0.2) is 18.2 Å². The van der Waals surface area contributed by atoms with E-state index >= 15 is 0 Å². The minimum atomic E-state index is -0.467. The lowest BCUT2D eigenvalue weighted by Crippen LogP contribution is -2.19. The maximum absolute atomic E-state index is 9.93. The molecule has 1 aromatic rings. The van der Waals surface area contributed by atoms with Gasteiger partial charge in [-0.25, -0.2) is 0 Å². The van der Waals surface area contributed by atoms with Gasteiger partial charge < -0.3 is 16.2 Å². The topological polar surface area (TPSA) is 58.3 Å². The highest BCUT2D eigenvalue weighted by molar-refractivity contribution is 6.33. The number of anilines is 1. The van der Waals surface area contributed by atoms with Crippen molar-refractivity contribution in [3.63, 3.8) is 0 Å². The molecule has 88 valence electrons. The molecule has 0 amide bonds. The van der Waals surface area contributed by atoms with Crippen LogP contribution < -0.4 is 11.1 Å². The van der Waals surface area contributed by atoms with E-state index in [0.29, 0.717) is 23.2 Å². The second kappa shape index (κ2) is 5.04. The summed E-state index contributed by atoms with van der Waals surface area (Å²) < 4.78 is 0. The van der Waals surface area contributed by atoms with Crippen molar-refractivity contribution < 1.29 is 5.11 Å². The summed E-state index contributed by atoms with van der Waals surface area (Å²) in [7, 11) is 0. The maximum atomic E-state index is 9.93. The number of rotatable bonds is 5. The highest BCUT2D eigenvalue weighted by Gasteiger charge is 2.20. The Morgan fingerprint density at radius 3 is 2.88 bits per heavy atom. The van der Waals surface area contributed by atoms with Gasteiger partial charge in [0.1, 0.15) is 0 Å². The molecule has 0 aromatic heterocycles. The van der Waals surface area contributed by atoms with Crippen LogP contribution in [-0.2, 0) is 0 Å². The van der Waals surface area contributed by atoms with Crippen LogP contribution in [0.5, 0.6) is 0 Å². The first-order valence-electron chi connectivity index (χ1n) is 5.63. The molecule has 1 aliphatic rings. The van der Waals surface area contributed by atoms with E-state index in [2.05, 4.69) is 5.32 Å². The molecular weight excluding hydrogens is 224 g/mol. The van der Waals surface area contributed by atoms with E-state index in [1.54, 1.807) is 12.1 Å². The lowest BCUT2D eigenvalue weighted by Gasteiger charge is -2.12. The summed E-state index contributed by atoms with van der Waals surface area (Å²) in [5.74, 6) is 0. The van der Waals surface area contributed by atoms with Gasteiger partial charge in [-0.05, 0) is 43.5 Å². The number of nitrogens with two attached hydrogens (primary N) is 1. The van der Waals surface area contributed by atoms with Gasteiger partial charge in [0.25, 0.3) is 0 Å². The monoisotopic (exact) mass is 240 g/mol. The molecule has 1 fully saturated rings. The van der Waals surface area contributed by atoms with E-state index in [0.717, 1.165) is 12.1 Å². The molecule has 0 bridgehead atoms. The first kappa shape index (κ1) is 11.7. The molecule has 16 heavy (non-hydrogen) atoms. The summed E-state index contributed by atoms with van der Waals surface area (Å²) in [6, 6.07) is 5.97. The SMILES string of the molecule is Nc1cc(C(O)CCNC2CC2)ccc1Cl. The summed E-state index contributed by atoms with van der Waals surface area (Å²) >= 11 is 5.82. The van der Waals surface area contributed by atoms with Crippen LogP contribution in [0.3, 0.4) is 0 Å². The summed E-state index contributed by atoms with van der Waals surface area (Å²) in [6.07, 6.45) is 2.77. The largest absolute Gasteiger partial charge is 0.398 e. The van der Waals surface area contributed by atoms with Gasteiger partial charge >= 0.3 is 0 Å². The molecule has 1 aliphatic carbocycles. The zero-order valence-corrected chi connectivity index (χ0v) is 9.87. The van der Waals surface area contributed by atoms with Crippen LogP contribution in [0.4, 0.5) is 5.69 Å². The molecule has 4 heteroatoms. The molecule has 3 nitrogen and oxygen atoms in total. The minimum absolute atomic E-state index is 0.467. The second-order valence-corrected chi connectivity index (χ2v) is 4.72. The predicted molar refractivity (Wildman–Crippen MR) is 66.5 cm³/mol. The number of hydrogen-bond acceptors (Lipinski definition) is 3. The van der Waals surface area contributed by atoms with Crippen molar-refractivity contribution in [3.8, 4) is 0 Å². The van der Waals surface area contributed by atoms with Crippen molar-refractivity contribution in [3.05, 3.63) is 28.8 Å². The third-order valence-electron chi connectivity index (χ3n) is 2.83. The van der Waals surface area contributed by atoms with Gasteiger partial charge in [-0.3, -0.25) is 0 Å². The van der Waals surface area contributed by atoms with Crippen LogP contribution in [0.2, 0.25) is 5.02 Å². The van der Waals surface area contributed by atoms with E-state index in [1.165, 1.54) is 12.8 Å². The van der Waals surface area contributed by atoms with Crippen molar-refractivity contribution >= 4 is 17.3 Å². The van der Waals surface area contributed by atoms with E-state index in [-0.39, 0.29) is 0 Å². The number of nitrogens with one attached hydrogen (secondary N) is 1. The summed E-state index contributed by atoms with van der Waals surface area (Å²) in [4.78, 5) is 0. The number of aliphatic hydroxyl groups excluding tert-OH is 1. The smallest absolute Gasteiger partial charge is 0.0802 e. The first-order valence-corrected chi connectivity index (χ1v) is 6.01. The normalized spacial score (nSPS) is 17.4. The number of benzene rings is 1. The quantitative estimate of drug-likeness (QED) is 0.691. The molecule has 2 rings (SSSR count). The molecule has 1 unspecified atom stereocenters. The molecule has 0 radical (unpaired) electrons. The van der Waals surface area contributed by atoms with Crippen molar-refractivity contribution in [2.45, 2.75) is 31.4 Å². The van der Waals surface area contributed by atoms with Crippen molar-refractivity contribution in [2.24, 2.45) is 0 Å². The predicted octanol–water partition coefficient (Wildman–Crippen LogP) is 2.10. The lowest BCUT2D eigenvalue weighted by molar-refractivity contribution is 0.167. The molecule has 0 spiro atoms. The Morgan fingerprint density at radius 2 is 2.25 bits per heavy atom. The molecule has 1 saturated carbocycles. The highest BCUT2D eigenvalue weighted by Crippen LogP contribution is 2.25. The fourth-order valence-corrected chi connectivity index (χ4v) is 1.77. The molecule has 1 atom stereocenters. The van der Waals surface area contributed by atoms with Crippen molar-refractivity contribution in [2.75, 3.05) is 12.3 Å². The summed E-state index contributed by atoms with van der Waals surface area (Å²) in [5.41, 5.74) is 7.04. The molecule has 1 aromatic carbocycles. The van der Waals surface area contributed by atoms with Gasteiger partial charge in [0, 0.05) is 6.04 Å². The number of aliphatic hydroxyl groups is 1. The fraction of sp³-hybridized carbons (Fsp3) is 0.500. The van der Waals surface area contributed by atoms with Crippen molar-refractivity contribution in [1.82, 2.24) is 5.32 Å². The Balaban J connectivity index is 1.86. The Morgan fingerprint density at radius 1 is 1.50 bits per heavy atom. The maximum Gasteiger partial charge on any atom is 0.0802 e. The molecule has 0 aliphatic heterocycles. The van der Waals surface area contributed by atoms with E-state index < -0.39 is 6.10 Å². The van der Waals surface area contributed by atoms with Gasteiger partial charge in [-0.2, -0.15) is 0 Å². The standard InChI is InChI=1S/C12H17ClN2O/c13-10-4-1-8(7-11(10)14)12(16)5-6-15-9-2-3-9/h1,4,7,9,12,15-16H,2-3,5-6,14H2. The van der Waals surface area contributed by atoms with E-state index in [9.17, 15) is 5.11 Å². The summed E-state index contributed by atoms with van der Waals surface area (Å²) in [6.45, 7) is 0.842. The first-order chi connectivity index (χ1) is 7.66. The summed E-state index contributed by atoms with van der Waals surface area (Å²) in [5, 5.41) is 13.8. The fourth-order valence-electron chi connectivity index (χ4n) is 1.65. The lowest BCUT2D eigenvalue weighted by atomic mass is 10.1. The van der Waals surface area contributed by atoms with Crippen molar-refractivity contribution in [1.29, 1.82) is 0 Å². The van der Waals surface area contributed by atoms with E-state index in [4.69, 9.17) is 17.3 Å². The van der Waals surface area contributed by atoms with Gasteiger partial charge in [-0.1, -0.05) is 17.7 Å². The molecule has 4 N–H and O–H groups in total. The van der Waals surface area contributed by atoms with Crippen LogP contribution in [0, 0.1) is 0 Å². The molecular formula is C12H17ClN2O. The third-order valence-corrected chi connectivity index (χ3v) is 3.18. The third kappa shape index (κ3) is 3.11. The van der Waals surface area contributed by atoms with E-state index in [1.807, 2.05) is 6.07 Å². The number of hydrogen-bond donors (Lipinski definition) is 3. The number of nitrogen functional groups attached to an aromatic ring is 1. The van der Waals surface area contributed by atoms with Crippen LogP contribution in [-0.4, -0.2) is 17.7 Å². The van der Waals surface area contributed by atoms with Gasteiger partial charge in [0.2, 0.25) is 0 Å². The minimum Gasteiger partial charge on any atom is -0.398 e. The van der Waals surface area contributed by atoms with Gasteiger partial charge in [-0.15, -0.1) is 0 Å². The Bertz CT molecular complexity index is 366. The van der Waals surface area contributed by atoms with Crippen LogP contribution >= 0.6 is 11.6 Å².